The highest BCUT2D eigenvalue weighted by Gasteiger charge is 2.36. The first kappa shape index (κ1) is 31.5. The number of likely N-dealkylation sites (N-methyl/N-ethyl adjacent to an activating group) is 1. The zero-order chi connectivity index (χ0) is 29.9. The van der Waals surface area contributed by atoms with Gasteiger partial charge in [0.1, 0.15) is 29.9 Å². The van der Waals surface area contributed by atoms with E-state index in [0.717, 1.165) is 0 Å². The fourth-order valence-corrected chi connectivity index (χ4v) is 5.26. The van der Waals surface area contributed by atoms with Crippen LogP contribution in [0.4, 0.5) is 0 Å². The van der Waals surface area contributed by atoms with E-state index < -0.39 is 41.9 Å². The van der Waals surface area contributed by atoms with Crippen LogP contribution in [-0.2, 0) is 19.2 Å². The van der Waals surface area contributed by atoms with Gasteiger partial charge in [0.05, 0.1) is 6.07 Å². The molecule has 1 aromatic rings. The van der Waals surface area contributed by atoms with Crippen LogP contribution in [0.5, 0.6) is 0 Å². The summed E-state index contributed by atoms with van der Waals surface area (Å²) in [6.45, 7) is 4.69. The van der Waals surface area contributed by atoms with Gasteiger partial charge in [0.2, 0.25) is 23.6 Å². The lowest BCUT2D eigenvalue weighted by molar-refractivity contribution is -0.141. The van der Waals surface area contributed by atoms with E-state index in [1.54, 1.807) is 23.1 Å². The largest absolute Gasteiger partial charge is 0.354 e. The molecule has 2 aliphatic rings. The highest BCUT2D eigenvalue weighted by molar-refractivity contribution is 5.97. The van der Waals surface area contributed by atoms with Crippen molar-refractivity contribution in [1.29, 1.82) is 5.26 Å². The van der Waals surface area contributed by atoms with Crippen LogP contribution in [-0.4, -0.2) is 88.6 Å². The van der Waals surface area contributed by atoms with Crippen LogP contribution >= 0.6 is 0 Å². The average molecular weight is 568 g/mol. The molecule has 12 heteroatoms. The van der Waals surface area contributed by atoms with Crippen molar-refractivity contribution in [2.45, 2.75) is 89.4 Å². The van der Waals surface area contributed by atoms with Gasteiger partial charge in [-0.2, -0.15) is 5.26 Å². The van der Waals surface area contributed by atoms with Gasteiger partial charge in [0.15, 0.2) is 0 Å². The number of nitriles is 1. The molecule has 3 N–H and O–H groups in total. The molecular weight excluding hydrogens is 526 g/mol. The van der Waals surface area contributed by atoms with E-state index in [9.17, 15) is 29.2 Å². The van der Waals surface area contributed by atoms with Crippen molar-refractivity contribution >= 4 is 29.5 Å². The molecule has 0 saturated carbocycles. The van der Waals surface area contributed by atoms with Crippen molar-refractivity contribution in [3.8, 4) is 6.07 Å². The lowest BCUT2D eigenvalue weighted by Gasteiger charge is -2.32. The highest BCUT2D eigenvalue weighted by atomic mass is 16.2. The van der Waals surface area contributed by atoms with Gasteiger partial charge in [-0.25, -0.2) is 0 Å². The third kappa shape index (κ3) is 8.74. The zero-order valence-electron chi connectivity index (χ0n) is 24.1. The van der Waals surface area contributed by atoms with Gasteiger partial charge in [-0.05, 0) is 63.0 Å². The monoisotopic (exact) mass is 567 g/mol. The predicted octanol–water partition coefficient (Wildman–Crippen LogP) is 1.13. The molecule has 4 atom stereocenters. The molecule has 0 bridgehead atoms. The van der Waals surface area contributed by atoms with Gasteiger partial charge >= 0.3 is 0 Å². The van der Waals surface area contributed by atoms with Crippen molar-refractivity contribution in [2.24, 2.45) is 5.92 Å². The minimum Gasteiger partial charge on any atom is -0.354 e. The van der Waals surface area contributed by atoms with E-state index >= 15 is 0 Å². The standard InChI is InChI=1S/C29H41N7O5/c1-19(2)17-24-28(40)33-20(18-30)12-13-25(37)36-16-8-11-23(36)27(39)32-15-7-5-10-22(29(41)35(24)3)34-26(38)21-9-4-6-14-31-21/h4,6,9,14,19-20,22-24H,5,7-8,10-13,15-17H2,1-3H3,(H,32,39)(H,33,40)(H,34,38)/t20-,22-,23+,24-/m0/s1. The number of amides is 5. The van der Waals surface area contributed by atoms with E-state index in [2.05, 4.69) is 20.9 Å². The van der Waals surface area contributed by atoms with E-state index in [-0.39, 0.29) is 42.7 Å². The second-order valence-corrected chi connectivity index (χ2v) is 11.1. The Morgan fingerprint density at radius 3 is 2.59 bits per heavy atom. The molecule has 2 aliphatic heterocycles. The lowest BCUT2D eigenvalue weighted by Crippen LogP contribution is -2.56. The van der Waals surface area contributed by atoms with Crippen molar-refractivity contribution in [2.75, 3.05) is 20.1 Å². The number of hydrogen-bond acceptors (Lipinski definition) is 7. The Hall–Kier alpha value is -4.01. The van der Waals surface area contributed by atoms with Crippen molar-refractivity contribution in [3.63, 3.8) is 0 Å². The lowest BCUT2D eigenvalue weighted by atomic mass is 9.99. The van der Waals surface area contributed by atoms with Crippen molar-refractivity contribution in [1.82, 2.24) is 30.7 Å². The first-order valence-corrected chi connectivity index (χ1v) is 14.4. The van der Waals surface area contributed by atoms with Crippen LogP contribution in [0.25, 0.3) is 0 Å². The van der Waals surface area contributed by atoms with Crippen LogP contribution in [0.15, 0.2) is 24.4 Å². The molecule has 2 saturated heterocycles. The molecule has 5 amide bonds. The number of carbonyl (C=O) groups excluding carboxylic acids is 5. The van der Waals surface area contributed by atoms with E-state index in [1.165, 1.54) is 18.1 Å². The summed E-state index contributed by atoms with van der Waals surface area (Å²) in [6.07, 6.45) is 4.55. The number of nitrogens with zero attached hydrogens (tertiary/aromatic N) is 4. The molecule has 12 nitrogen and oxygen atoms in total. The molecule has 222 valence electrons. The summed E-state index contributed by atoms with van der Waals surface area (Å²) in [4.78, 5) is 72.8. The van der Waals surface area contributed by atoms with Gasteiger partial charge in [-0.3, -0.25) is 29.0 Å². The number of carbonyl (C=O) groups is 5. The fraction of sp³-hybridized carbons (Fsp3) is 0.621. The van der Waals surface area contributed by atoms with Gasteiger partial charge in [0.25, 0.3) is 5.91 Å². The number of fused-ring (bicyclic) bond motifs is 1. The van der Waals surface area contributed by atoms with Crippen molar-refractivity contribution < 1.29 is 24.0 Å². The number of rotatable bonds is 4. The summed E-state index contributed by atoms with van der Waals surface area (Å²) in [5, 5.41) is 18.1. The third-order valence-electron chi connectivity index (χ3n) is 7.53. The van der Waals surface area contributed by atoms with Crippen LogP contribution in [0, 0.1) is 17.2 Å². The Balaban J connectivity index is 1.86. The van der Waals surface area contributed by atoms with Gasteiger partial charge < -0.3 is 25.8 Å². The quantitative estimate of drug-likeness (QED) is 0.491. The second kappa shape index (κ2) is 15.1. The van der Waals surface area contributed by atoms with Gasteiger partial charge in [-0.1, -0.05) is 19.9 Å². The topological polar surface area (TPSA) is 165 Å². The normalized spacial score (nSPS) is 25.4. The smallest absolute Gasteiger partial charge is 0.270 e. The molecular formula is C29H41N7O5. The Morgan fingerprint density at radius 1 is 1.12 bits per heavy atom. The minimum absolute atomic E-state index is 0.00747. The first-order chi connectivity index (χ1) is 19.6. The number of nitrogens with one attached hydrogen (secondary N) is 3. The van der Waals surface area contributed by atoms with E-state index in [4.69, 9.17) is 0 Å². The zero-order valence-corrected chi connectivity index (χ0v) is 24.1. The summed E-state index contributed by atoms with van der Waals surface area (Å²) in [6, 6.07) is 3.64. The van der Waals surface area contributed by atoms with Gasteiger partial charge in [-0.15, -0.1) is 0 Å². The SMILES string of the molecule is CC(C)C[C@H]1C(=O)N[C@H](C#N)CCC(=O)N2CCC[C@@H]2C(=O)NCCCC[C@H](NC(=O)c2ccccn2)C(=O)N1C. The fourth-order valence-electron chi connectivity index (χ4n) is 5.26. The predicted molar refractivity (Wildman–Crippen MR) is 150 cm³/mol. The Bertz CT molecular complexity index is 1140. The molecule has 3 rings (SSSR count). The molecule has 3 heterocycles. The van der Waals surface area contributed by atoms with Crippen LogP contribution in [0.1, 0.15) is 75.7 Å². The van der Waals surface area contributed by atoms with Crippen LogP contribution in [0.3, 0.4) is 0 Å². The Kier molecular flexibility index (Phi) is 11.6. The number of pyridine rings is 1. The Morgan fingerprint density at radius 2 is 1.90 bits per heavy atom. The average Bonchev–Trinajstić information content (AvgIpc) is 3.46. The number of hydrogen-bond donors (Lipinski definition) is 3. The van der Waals surface area contributed by atoms with E-state index in [0.29, 0.717) is 45.2 Å². The molecule has 41 heavy (non-hydrogen) atoms. The van der Waals surface area contributed by atoms with Crippen LogP contribution in [0.2, 0.25) is 0 Å². The van der Waals surface area contributed by atoms with Gasteiger partial charge in [0, 0.05) is 32.8 Å². The molecule has 0 spiro atoms. The summed E-state index contributed by atoms with van der Waals surface area (Å²) in [5.41, 5.74) is 0.165. The van der Waals surface area contributed by atoms with Crippen molar-refractivity contribution in [3.05, 3.63) is 30.1 Å². The molecule has 0 aliphatic carbocycles. The highest BCUT2D eigenvalue weighted by Crippen LogP contribution is 2.20. The van der Waals surface area contributed by atoms with E-state index in [1.807, 2.05) is 19.9 Å². The third-order valence-corrected chi connectivity index (χ3v) is 7.53. The second-order valence-electron chi connectivity index (χ2n) is 11.1. The maximum atomic E-state index is 13.7. The molecule has 0 aromatic carbocycles. The molecule has 0 unspecified atom stereocenters. The minimum atomic E-state index is -0.946. The number of aromatic nitrogens is 1. The maximum absolute atomic E-state index is 13.7. The Labute approximate surface area is 241 Å². The molecule has 0 radical (unpaired) electrons. The molecule has 2 fully saturated rings. The first-order valence-electron chi connectivity index (χ1n) is 14.4. The summed E-state index contributed by atoms with van der Waals surface area (Å²) in [5.74, 6) is -1.84. The summed E-state index contributed by atoms with van der Waals surface area (Å²) >= 11 is 0. The summed E-state index contributed by atoms with van der Waals surface area (Å²) < 4.78 is 0. The molecule has 1 aromatic heterocycles. The van der Waals surface area contributed by atoms with Crippen LogP contribution < -0.4 is 16.0 Å². The maximum Gasteiger partial charge on any atom is 0.270 e. The summed E-state index contributed by atoms with van der Waals surface area (Å²) in [7, 11) is 1.52.